The Labute approximate surface area is 448 Å². The molecule has 1 aliphatic rings. The molecule has 20 heteroatoms. The monoisotopic (exact) mass is 1070 g/mol. The number of primary amides is 1. The summed E-state index contributed by atoms with van der Waals surface area (Å²) in [5.74, 6) is -5.38. The van der Waals surface area contributed by atoms with Crippen molar-refractivity contribution in [2.24, 2.45) is 5.73 Å². The van der Waals surface area contributed by atoms with Crippen LogP contribution in [0.1, 0.15) is 228 Å². The number of nitrogens with two attached hydrogens (primary N) is 1. The van der Waals surface area contributed by atoms with Gasteiger partial charge in [-0.2, -0.15) is 0 Å². The van der Waals surface area contributed by atoms with Crippen LogP contribution < -0.4 is 32.3 Å². The molecule has 1 saturated heterocycles. The molecule has 1 fully saturated rings. The highest BCUT2D eigenvalue weighted by Crippen LogP contribution is 2.24. The van der Waals surface area contributed by atoms with Gasteiger partial charge in [-0.05, 0) is 40.0 Å². The molecular weight excluding hydrogens is 969 g/mol. The van der Waals surface area contributed by atoms with Gasteiger partial charge in [0.15, 0.2) is 6.29 Å². The summed E-state index contributed by atoms with van der Waals surface area (Å²) >= 11 is 0. The van der Waals surface area contributed by atoms with Crippen molar-refractivity contribution in [3.05, 3.63) is 0 Å². The maximum absolute atomic E-state index is 13.6. The van der Waals surface area contributed by atoms with E-state index >= 15 is 0 Å². The molecule has 1 rings (SSSR count). The van der Waals surface area contributed by atoms with Crippen LogP contribution in [0, 0.1) is 0 Å². The molecule has 1 heterocycles. The number of aliphatic hydroxyl groups excluding tert-OH is 4. The predicted octanol–water partition coefficient (Wildman–Crippen LogP) is 5.06. The number of ether oxygens (including phenoxy) is 3. The van der Waals surface area contributed by atoms with E-state index < -0.39 is 116 Å². The summed E-state index contributed by atoms with van der Waals surface area (Å²) in [4.78, 5) is 90.2. The Balaban J connectivity index is 2.75. The van der Waals surface area contributed by atoms with Crippen LogP contribution in [-0.2, 0) is 47.8 Å². The number of unbranched alkanes of at least 4 members (excludes halogenated alkanes) is 23. The maximum atomic E-state index is 13.6. The van der Waals surface area contributed by atoms with Crippen LogP contribution in [0.25, 0.3) is 0 Å². The Morgan fingerprint density at radius 1 is 0.627 bits per heavy atom. The Morgan fingerprint density at radius 2 is 1.12 bits per heavy atom. The third-order valence-electron chi connectivity index (χ3n) is 13.8. The van der Waals surface area contributed by atoms with Crippen LogP contribution in [0.2, 0.25) is 0 Å². The van der Waals surface area contributed by atoms with Crippen LogP contribution in [0.3, 0.4) is 0 Å². The SMILES string of the molecule is CCCCCCCCCCCCCCCC(=O)NC(CCCCCCCCCCCCCC)C(=O)N[C@@H](C)C(=O)OC(=O)CC[C@@H](NC(=O)[C@@H](NCC(C)O[C@H]1[C@H](O)[C@@H](CO)O[C@H](O)[C@@H]1NC(C)=O)[C@@H](C)O)C(N)=O. The number of hydrogen-bond donors (Lipinski definition) is 10. The molecule has 0 aromatic heterocycles. The van der Waals surface area contributed by atoms with Crippen LogP contribution in [0.15, 0.2) is 0 Å². The number of rotatable bonds is 45. The van der Waals surface area contributed by atoms with Gasteiger partial charge in [0, 0.05) is 26.3 Å². The molecule has 0 radical (unpaired) electrons. The predicted molar refractivity (Wildman–Crippen MR) is 286 cm³/mol. The fourth-order valence-electron chi connectivity index (χ4n) is 9.19. The van der Waals surface area contributed by atoms with E-state index in [4.69, 9.17) is 19.9 Å². The molecule has 0 aromatic rings. The number of amides is 5. The van der Waals surface area contributed by atoms with Crippen molar-refractivity contribution >= 4 is 41.5 Å². The second-order valence-electron chi connectivity index (χ2n) is 20.8. The Bertz CT molecular complexity index is 1610. The average Bonchev–Trinajstić information content (AvgIpc) is 3.35. The van der Waals surface area contributed by atoms with Gasteiger partial charge in [0.05, 0.1) is 18.8 Å². The highest BCUT2D eigenvalue weighted by molar-refractivity contribution is 5.94. The third kappa shape index (κ3) is 31.9. The number of aliphatic hydroxyl groups is 4. The Morgan fingerprint density at radius 3 is 1.59 bits per heavy atom. The van der Waals surface area contributed by atoms with Crippen LogP contribution >= 0.6 is 0 Å². The lowest BCUT2D eigenvalue weighted by molar-refractivity contribution is -0.267. The fourth-order valence-corrected chi connectivity index (χ4v) is 9.19. The van der Waals surface area contributed by atoms with Gasteiger partial charge in [0.25, 0.3) is 0 Å². The summed E-state index contributed by atoms with van der Waals surface area (Å²) in [5, 5.41) is 54.4. The highest BCUT2D eigenvalue weighted by Gasteiger charge is 2.46. The Kier molecular flexibility index (Phi) is 39.0. The van der Waals surface area contributed by atoms with Gasteiger partial charge in [-0.1, -0.05) is 168 Å². The quantitative estimate of drug-likeness (QED) is 0.0217. The van der Waals surface area contributed by atoms with Crippen molar-refractivity contribution in [3.63, 3.8) is 0 Å². The minimum absolute atomic E-state index is 0.143. The molecule has 11 atom stereocenters. The fraction of sp³-hybridized carbons (Fsp3) is 0.873. The largest absolute Gasteiger partial charge is 0.394 e. The van der Waals surface area contributed by atoms with Gasteiger partial charge in [-0.3, -0.25) is 28.8 Å². The molecule has 20 nitrogen and oxygen atoms in total. The van der Waals surface area contributed by atoms with Crippen molar-refractivity contribution < 1.29 is 68.2 Å². The van der Waals surface area contributed by atoms with Gasteiger partial charge < -0.3 is 67.0 Å². The first-order valence-electron chi connectivity index (χ1n) is 28.8. The smallest absolute Gasteiger partial charge is 0.335 e. The molecule has 0 aliphatic carbocycles. The van der Waals surface area contributed by atoms with Gasteiger partial charge >= 0.3 is 11.9 Å². The normalized spacial score (nSPS) is 19.9. The van der Waals surface area contributed by atoms with E-state index in [1.165, 1.54) is 130 Å². The van der Waals surface area contributed by atoms with Gasteiger partial charge in [0.2, 0.25) is 29.5 Å². The third-order valence-corrected chi connectivity index (χ3v) is 13.8. The average molecular weight is 1070 g/mol. The standard InChI is InChI=1S/C55H102N6O14/c1-7-9-11-13-15-17-19-21-23-25-27-29-31-33-45(65)60-43(32-30-28-26-24-22-20-18-16-14-12-10-8-2)52(69)58-39(4)54(71)75-46(66)35-34-42(51(56)68)61-53(70)47(40(5)63)57-36-38(3)73-50-48(59-41(6)64)55(72)74-44(37-62)49(50)67/h38-40,42-44,47-50,55,57,62-63,67,72H,7-37H2,1-6H3,(H2,56,68)(H,58,69)(H,59,64)(H,60,65)(H,61,70)/t38?,39-,40+,42+,43?,44+,47-,48+,49+,50+,55-/m0/s1. The van der Waals surface area contributed by atoms with Gasteiger partial charge in [-0.25, -0.2) is 4.79 Å². The number of nitrogens with one attached hydrogen (secondary N) is 5. The van der Waals surface area contributed by atoms with Crippen molar-refractivity contribution in [2.75, 3.05) is 13.2 Å². The van der Waals surface area contributed by atoms with Crippen molar-refractivity contribution in [2.45, 2.75) is 295 Å². The van der Waals surface area contributed by atoms with E-state index in [0.717, 1.165) is 38.5 Å². The zero-order valence-corrected chi connectivity index (χ0v) is 46.7. The molecule has 5 amide bonds. The zero-order valence-electron chi connectivity index (χ0n) is 46.7. The summed E-state index contributed by atoms with van der Waals surface area (Å²) < 4.78 is 16.1. The van der Waals surface area contributed by atoms with Crippen LogP contribution in [0.4, 0.5) is 0 Å². The molecule has 0 bridgehead atoms. The zero-order chi connectivity index (χ0) is 56.0. The van der Waals surface area contributed by atoms with Crippen molar-refractivity contribution in [3.8, 4) is 0 Å². The number of carbonyl (C=O) groups is 7. The van der Waals surface area contributed by atoms with Gasteiger partial charge in [0.1, 0.15) is 48.5 Å². The second-order valence-corrected chi connectivity index (χ2v) is 20.8. The van der Waals surface area contributed by atoms with E-state index in [9.17, 15) is 54.0 Å². The molecule has 0 spiro atoms. The number of hydrogen-bond acceptors (Lipinski definition) is 15. The van der Waals surface area contributed by atoms with Gasteiger partial charge in [-0.15, -0.1) is 0 Å². The molecule has 436 valence electrons. The Hall–Kier alpha value is -3.79. The lowest BCUT2D eigenvalue weighted by Crippen LogP contribution is -2.65. The maximum Gasteiger partial charge on any atom is 0.335 e. The molecular formula is C55H102N6O14. The van der Waals surface area contributed by atoms with E-state index in [1.54, 1.807) is 6.92 Å². The summed E-state index contributed by atoms with van der Waals surface area (Å²) in [7, 11) is 0. The topological polar surface area (TPSA) is 314 Å². The lowest BCUT2D eigenvalue weighted by atomic mass is 9.96. The minimum atomic E-state index is -1.62. The van der Waals surface area contributed by atoms with E-state index in [2.05, 4.69) is 40.4 Å². The first-order chi connectivity index (χ1) is 35.9. The summed E-state index contributed by atoms with van der Waals surface area (Å²) in [6, 6.07) is -6.17. The number of esters is 2. The van der Waals surface area contributed by atoms with E-state index in [-0.39, 0.29) is 25.3 Å². The second kappa shape index (κ2) is 42.3. The van der Waals surface area contributed by atoms with Crippen molar-refractivity contribution in [1.29, 1.82) is 0 Å². The first kappa shape index (κ1) is 69.2. The summed E-state index contributed by atoms with van der Waals surface area (Å²) in [6.07, 6.45) is 21.1. The van der Waals surface area contributed by atoms with E-state index in [1.807, 2.05) is 0 Å². The van der Waals surface area contributed by atoms with E-state index in [0.29, 0.717) is 19.3 Å². The van der Waals surface area contributed by atoms with Crippen molar-refractivity contribution in [1.82, 2.24) is 26.6 Å². The lowest BCUT2D eigenvalue weighted by Gasteiger charge is -2.43. The van der Waals surface area contributed by atoms with Crippen LogP contribution in [0.5, 0.6) is 0 Å². The first-order valence-corrected chi connectivity index (χ1v) is 28.8. The molecule has 0 aromatic carbocycles. The molecule has 2 unspecified atom stereocenters. The molecule has 11 N–H and O–H groups in total. The summed E-state index contributed by atoms with van der Waals surface area (Å²) in [5.41, 5.74) is 5.55. The highest BCUT2D eigenvalue weighted by atomic mass is 16.6. The minimum Gasteiger partial charge on any atom is -0.394 e. The summed E-state index contributed by atoms with van der Waals surface area (Å²) in [6.45, 7) is 9.04. The van der Waals surface area contributed by atoms with Crippen LogP contribution in [-0.4, -0.2) is 142 Å². The molecule has 75 heavy (non-hydrogen) atoms. The number of carbonyl (C=O) groups excluding carboxylic acids is 7. The molecule has 1 aliphatic heterocycles. The molecule has 0 saturated carbocycles.